The number of hydrogen-bond donors (Lipinski definition) is 1. The second-order valence-corrected chi connectivity index (χ2v) is 6.28. The van der Waals surface area contributed by atoms with Crippen LogP contribution in [-0.4, -0.2) is 46.6 Å². The number of aromatic amines is 1. The van der Waals surface area contributed by atoms with E-state index < -0.39 is 0 Å². The number of nitrogens with one attached hydrogen (secondary N) is 1. The summed E-state index contributed by atoms with van der Waals surface area (Å²) in [7, 11) is 3.61. The second-order valence-electron chi connectivity index (χ2n) is 5.89. The number of H-pyrrole nitrogens is 1. The summed E-state index contributed by atoms with van der Waals surface area (Å²) < 4.78 is 5.00. The Balaban J connectivity index is 1.69. The van der Waals surface area contributed by atoms with Gasteiger partial charge in [-0.25, -0.2) is 4.98 Å². The average molecular weight is 352 g/mol. The van der Waals surface area contributed by atoms with Gasteiger partial charge in [-0.1, -0.05) is 16.8 Å². The van der Waals surface area contributed by atoms with Crippen LogP contribution in [0.15, 0.2) is 15.4 Å². The van der Waals surface area contributed by atoms with E-state index in [9.17, 15) is 9.59 Å². The van der Waals surface area contributed by atoms with Gasteiger partial charge in [0.05, 0.1) is 12.2 Å². The summed E-state index contributed by atoms with van der Waals surface area (Å²) in [4.78, 5) is 35.2. The number of anilines is 1. The highest BCUT2D eigenvalue weighted by atomic mass is 35.5. The van der Waals surface area contributed by atoms with Crippen molar-refractivity contribution in [2.75, 3.05) is 25.5 Å². The summed E-state index contributed by atoms with van der Waals surface area (Å²) >= 11 is 5.69. The fourth-order valence-corrected chi connectivity index (χ4v) is 2.80. The number of rotatable bonds is 4. The van der Waals surface area contributed by atoms with Crippen molar-refractivity contribution in [2.45, 2.75) is 25.8 Å². The molecule has 2 aromatic heterocycles. The van der Waals surface area contributed by atoms with E-state index in [4.69, 9.17) is 16.1 Å². The molecule has 3 heterocycles. The molecule has 1 N–H and O–H groups in total. The molecule has 2 aromatic rings. The largest absolute Gasteiger partial charge is 0.360 e. The Morgan fingerprint density at radius 3 is 2.96 bits per heavy atom. The topological polar surface area (TPSA) is 95.3 Å². The molecule has 0 saturated heterocycles. The van der Waals surface area contributed by atoms with Crippen LogP contribution in [0.5, 0.6) is 0 Å². The smallest absolute Gasteiger partial charge is 0.255 e. The summed E-state index contributed by atoms with van der Waals surface area (Å²) in [6.07, 6.45) is 1.24. The molecule has 9 heteroatoms. The third-order valence-corrected chi connectivity index (χ3v) is 4.13. The zero-order valence-corrected chi connectivity index (χ0v) is 14.3. The lowest BCUT2D eigenvalue weighted by atomic mass is 10.1. The third kappa shape index (κ3) is 3.43. The third-order valence-electron chi connectivity index (χ3n) is 3.95. The van der Waals surface area contributed by atoms with Gasteiger partial charge in [0.25, 0.3) is 5.56 Å². The van der Waals surface area contributed by atoms with Gasteiger partial charge in [-0.3, -0.25) is 14.6 Å². The Hall–Kier alpha value is -2.35. The predicted molar refractivity (Wildman–Crippen MR) is 88.1 cm³/mol. The summed E-state index contributed by atoms with van der Waals surface area (Å²) in [5.41, 5.74) is 1.18. The van der Waals surface area contributed by atoms with E-state index >= 15 is 0 Å². The van der Waals surface area contributed by atoms with E-state index in [1.807, 2.05) is 0 Å². The molecule has 1 aliphatic heterocycles. The van der Waals surface area contributed by atoms with Crippen LogP contribution in [0.1, 0.15) is 23.4 Å². The van der Waals surface area contributed by atoms with Crippen molar-refractivity contribution in [3.63, 3.8) is 0 Å². The lowest BCUT2D eigenvalue weighted by Crippen LogP contribution is -2.39. The minimum Gasteiger partial charge on any atom is -0.360 e. The van der Waals surface area contributed by atoms with Crippen molar-refractivity contribution in [3.8, 4) is 0 Å². The number of fused-ring (bicyclic) bond motifs is 1. The summed E-state index contributed by atoms with van der Waals surface area (Å²) in [5.74, 6) is 1.06. The SMILES string of the molecule is CN(C)c1nc2c(c(=O)[nH]1)CCN(C(=O)CCc1cc(Cl)no1)C2. The molecule has 0 bridgehead atoms. The number of hydrogen-bond acceptors (Lipinski definition) is 6. The number of aromatic nitrogens is 3. The van der Waals surface area contributed by atoms with E-state index in [0.717, 1.165) is 0 Å². The van der Waals surface area contributed by atoms with Crippen molar-refractivity contribution in [1.29, 1.82) is 0 Å². The monoisotopic (exact) mass is 351 g/mol. The summed E-state index contributed by atoms with van der Waals surface area (Å²) in [5, 5.41) is 3.87. The highest BCUT2D eigenvalue weighted by Crippen LogP contribution is 2.17. The molecule has 0 aliphatic carbocycles. The molecular weight excluding hydrogens is 334 g/mol. The normalized spacial score (nSPS) is 13.7. The first-order valence-electron chi connectivity index (χ1n) is 7.62. The molecule has 0 saturated carbocycles. The van der Waals surface area contributed by atoms with Crippen LogP contribution in [0.25, 0.3) is 0 Å². The molecule has 0 radical (unpaired) electrons. The maximum Gasteiger partial charge on any atom is 0.255 e. The summed E-state index contributed by atoms with van der Waals surface area (Å²) in [6.45, 7) is 0.852. The van der Waals surface area contributed by atoms with Crippen LogP contribution in [-0.2, 0) is 24.2 Å². The quantitative estimate of drug-likeness (QED) is 0.882. The number of aryl methyl sites for hydroxylation is 1. The summed E-state index contributed by atoms with van der Waals surface area (Å²) in [6, 6.07) is 1.60. The number of amides is 1. The zero-order chi connectivity index (χ0) is 17.3. The van der Waals surface area contributed by atoms with E-state index in [0.29, 0.717) is 55.3 Å². The fourth-order valence-electron chi connectivity index (χ4n) is 2.65. The van der Waals surface area contributed by atoms with Crippen molar-refractivity contribution in [2.24, 2.45) is 0 Å². The first kappa shape index (κ1) is 16.5. The second kappa shape index (κ2) is 6.64. The first-order chi connectivity index (χ1) is 11.4. The van der Waals surface area contributed by atoms with Gasteiger partial charge in [0.1, 0.15) is 5.76 Å². The molecular formula is C15H18ClN5O3. The minimum atomic E-state index is -0.132. The van der Waals surface area contributed by atoms with Gasteiger partial charge < -0.3 is 14.3 Å². The van der Waals surface area contributed by atoms with E-state index in [1.165, 1.54) is 0 Å². The number of halogens is 1. The first-order valence-corrected chi connectivity index (χ1v) is 8.00. The van der Waals surface area contributed by atoms with Gasteiger partial charge >= 0.3 is 0 Å². The van der Waals surface area contributed by atoms with Gasteiger partial charge in [-0.05, 0) is 6.42 Å². The standard InChI is InChI=1S/C15H18ClN5O3/c1-20(2)15-17-11-8-21(6-5-10(11)14(23)18-15)13(22)4-3-9-7-12(16)19-24-9/h7H,3-6,8H2,1-2H3,(H,17,18,23). The number of nitrogens with zero attached hydrogens (tertiary/aromatic N) is 4. The lowest BCUT2D eigenvalue weighted by molar-refractivity contribution is -0.132. The van der Waals surface area contributed by atoms with Gasteiger partial charge in [0, 0.05) is 45.1 Å². The molecule has 8 nitrogen and oxygen atoms in total. The maximum atomic E-state index is 12.4. The van der Waals surface area contributed by atoms with Crippen LogP contribution in [0.2, 0.25) is 5.15 Å². The minimum absolute atomic E-state index is 0.0124. The predicted octanol–water partition coefficient (Wildman–Crippen LogP) is 0.995. The van der Waals surface area contributed by atoms with Crippen molar-refractivity contribution in [1.82, 2.24) is 20.0 Å². The Morgan fingerprint density at radius 1 is 1.50 bits per heavy atom. The van der Waals surface area contributed by atoms with Crippen LogP contribution >= 0.6 is 11.6 Å². The molecule has 128 valence electrons. The van der Waals surface area contributed by atoms with Crippen molar-refractivity contribution < 1.29 is 9.32 Å². The molecule has 1 aliphatic rings. The average Bonchev–Trinajstić information content (AvgIpc) is 2.97. The van der Waals surface area contributed by atoms with E-state index in [2.05, 4.69) is 15.1 Å². The Bertz CT molecular complexity index is 814. The van der Waals surface area contributed by atoms with Crippen molar-refractivity contribution >= 4 is 23.5 Å². The molecule has 24 heavy (non-hydrogen) atoms. The van der Waals surface area contributed by atoms with Gasteiger partial charge in [0.2, 0.25) is 11.9 Å². The molecule has 0 aromatic carbocycles. The van der Waals surface area contributed by atoms with Crippen LogP contribution in [0, 0.1) is 0 Å². The molecule has 0 fully saturated rings. The molecule has 0 atom stereocenters. The van der Waals surface area contributed by atoms with Crippen LogP contribution < -0.4 is 10.5 Å². The van der Waals surface area contributed by atoms with Crippen molar-refractivity contribution in [3.05, 3.63) is 38.6 Å². The van der Waals surface area contributed by atoms with Gasteiger partial charge in [0.15, 0.2) is 5.15 Å². The highest BCUT2D eigenvalue weighted by Gasteiger charge is 2.24. The lowest BCUT2D eigenvalue weighted by Gasteiger charge is -2.28. The highest BCUT2D eigenvalue weighted by molar-refractivity contribution is 6.29. The molecule has 0 spiro atoms. The van der Waals surface area contributed by atoms with Gasteiger partial charge in [-0.2, -0.15) is 0 Å². The Morgan fingerprint density at radius 2 is 2.29 bits per heavy atom. The molecule has 1 amide bonds. The Labute approximate surface area is 143 Å². The Kier molecular flexibility index (Phi) is 4.57. The maximum absolute atomic E-state index is 12.4. The van der Waals surface area contributed by atoms with E-state index in [-0.39, 0.29) is 16.6 Å². The van der Waals surface area contributed by atoms with E-state index in [1.54, 1.807) is 30.0 Å². The molecule has 0 unspecified atom stereocenters. The number of carbonyl (C=O) groups excluding carboxylic acids is 1. The molecule has 3 rings (SSSR count). The van der Waals surface area contributed by atoms with Gasteiger partial charge in [-0.15, -0.1) is 0 Å². The zero-order valence-electron chi connectivity index (χ0n) is 13.5. The number of carbonyl (C=O) groups is 1. The fraction of sp³-hybridized carbons (Fsp3) is 0.467. The van der Waals surface area contributed by atoms with Crippen LogP contribution in [0.4, 0.5) is 5.95 Å². The van der Waals surface area contributed by atoms with Crippen LogP contribution in [0.3, 0.4) is 0 Å².